The van der Waals surface area contributed by atoms with Gasteiger partial charge in [0.1, 0.15) is 17.0 Å². The minimum absolute atomic E-state index is 0.480. The van der Waals surface area contributed by atoms with E-state index >= 15 is 0 Å². The quantitative estimate of drug-likeness (QED) is 0.598. The maximum Gasteiger partial charge on any atom is 0.416 e. The van der Waals surface area contributed by atoms with E-state index in [2.05, 4.69) is 0 Å². The highest BCUT2D eigenvalue weighted by Gasteiger charge is 2.58. The molecule has 1 saturated heterocycles. The van der Waals surface area contributed by atoms with E-state index in [0.717, 1.165) is 17.7 Å². The number of halogens is 3. The fourth-order valence-electron chi connectivity index (χ4n) is 2.75. The summed E-state index contributed by atoms with van der Waals surface area (Å²) in [5.41, 5.74) is 0.706. The van der Waals surface area contributed by atoms with Crippen LogP contribution in [-0.4, -0.2) is 27.6 Å². The highest BCUT2D eigenvalue weighted by molar-refractivity contribution is 7.83. The average Bonchev–Trinajstić information content (AvgIpc) is 3.36. The molecule has 0 amide bonds. The average molecular weight is 383 g/mol. The number of benzene rings is 2. The van der Waals surface area contributed by atoms with Crippen LogP contribution in [0.25, 0.3) is 0 Å². The van der Waals surface area contributed by atoms with Crippen molar-refractivity contribution in [2.45, 2.75) is 30.1 Å². The molecule has 4 atom stereocenters. The van der Waals surface area contributed by atoms with Crippen LogP contribution in [0.1, 0.15) is 22.7 Å². The first-order valence-electron chi connectivity index (χ1n) is 7.76. The van der Waals surface area contributed by atoms with Gasteiger partial charge < -0.3 is 4.74 Å². The van der Waals surface area contributed by atoms with Crippen LogP contribution in [0.15, 0.2) is 53.4 Å². The Hall–Kier alpha value is -2.19. The van der Waals surface area contributed by atoms with E-state index in [1.54, 1.807) is 24.3 Å². The molecule has 0 bridgehead atoms. The van der Waals surface area contributed by atoms with Gasteiger partial charge in [-0.3, -0.25) is 4.79 Å². The third-order valence-electron chi connectivity index (χ3n) is 4.19. The van der Waals surface area contributed by atoms with Crippen molar-refractivity contribution in [3.05, 3.63) is 65.2 Å². The summed E-state index contributed by atoms with van der Waals surface area (Å²) in [6, 6.07) is 10.1. The Labute approximate surface area is 151 Å². The normalized spacial score (nSPS) is 23.3. The zero-order valence-electron chi connectivity index (χ0n) is 14.0. The van der Waals surface area contributed by atoms with Crippen molar-refractivity contribution in [2.75, 3.05) is 7.11 Å². The van der Waals surface area contributed by atoms with E-state index in [-0.39, 0.29) is 0 Å². The van der Waals surface area contributed by atoms with E-state index in [9.17, 15) is 22.2 Å². The molecule has 1 aliphatic heterocycles. The Balaban J connectivity index is 1.88. The minimum Gasteiger partial charge on any atom is -0.468 e. The first-order valence-corrected chi connectivity index (χ1v) is 8.86. The number of rotatable bonds is 4. The second-order valence-corrected chi connectivity index (χ2v) is 7.35. The highest BCUT2D eigenvalue weighted by atomic mass is 32.2. The molecule has 2 aromatic carbocycles. The first kappa shape index (κ1) is 18.6. The monoisotopic (exact) mass is 383 g/mol. The lowest BCUT2D eigenvalue weighted by molar-refractivity contribution is -0.140. The van der Waals surface area contributed by atoms with E-state index in [0.29, 0.717) is 10.5 Å². The molecule has 0 aliphatic carbocycles. The van der Waals surface area contributed by atoms with E-state index in [4.69, 9.17) is 4.74 Å². The maximum absolute atomic E-state index is 12.8. The molecule has 26 heavy (non-hydrogen) atoms. The number of hydrogen-bond donors (Lipinski definition) is 0. The van der Waals surface area contributed by atoms with Gasteiger partial charge in [-0.05, 0) is 36.8 Å². The van der Waals surface area contributed by atoms with Crippen molar-refractivity contribution in [2.24, 2.45) is 0 Å². The molecule has 1 heterocycles. The lowest BCUT2D eigenvalue weighted by Crippen LogP contribution is -2.16. The fraction of sp³-hybridized carbons (Fsp3) is 0.278. The Morgan fingerprint density at radius 3 is 2.15 bits per heavy atom. The number of carbonyl (C=O) groups excluding carboxylic acids is 1. The molecule has 1 aliphatic rings. The van der Waals surface area contributed by atoms with Crippen LogP contribution in [0.3, 0.4) is 0 Å². The Morgan fingerprint density at radius 1 is 1.08 bits per heavy atom. The van der Waals surface area contributed by atoms with Gasteiger partial charge in [-0.15, -0.1) is 0 Å². The van der Waals surface area contributed by atoms with Crippen LogP contribution in [0.4, 0.5) is 13.2 Å². The third kappa shape index (κ3) is 3.52. The molecule has 0 N–H and O–H groups in total. The zero-order chi connectivity index (χ0) is 19.1. The topological polar surface area (TPSA) is 46.4 Å². The van der Waals surface area contributed by atoms with Crippen LogP contribution in [0.5, 0.6) is 0 Å². The predicted octanol–water partition coefficient (Wildman–Crippen LogP) is 3.63. The number of ether oxygens (including phenoxy) is 1. The summed E-state index contributed by atoms with van der Waals surface area (Å²) in [5.74, 6) is -0.574. The predicted molar refractivity (Wildman–Crippen MR) is 89.4 cm³/mol. The summed E-state index contributed by atoms with van der Waals surface area (Å²) in [6.07, 6.45) is -4.44. The molecule has 138 valence electrons. The maximum atomic E-state index is 12.8. The fourth-order valence-corrected chi connectivity index (χ4v) is 4.15. The molecule has 0 saturated carbocycles. The van der Waals surface area contributed by atoms with E-state index in [1.165, 1.54) is 23.5 Å². The number of hydrogen-bond acceptors (Lipinski definition) is 3. The first-order chi connectivity index (χ1) is 12.2. The Bertz CT molecular complexity index is 834. The molecular weight excluding hydrogens is 367 g/mol. The van der Waals surface area contributed by atoms with Crippen LogP contribution in [0.2, 0.25) is 0 Å². The number of carbonyl (C=O) groups is 1. The second-order valence-electron chi connectivity index (χ2n) is 5.95. The number of alkyl halides is 3. The summed E-state index contributed by atoms with van der Waals surface area (Å²) >= 11 is 0. The molecule has 0 spiro atoms. The molecular formula is C18H16F3NO3S. The SMILES string of the molecule is COC(=O)[C@@H]1[C@H](c2ccc(C(F)(F)F)cc2)N1[S@@](=O)c1ccc(C)cc1. The van der Waals surface area contributed by atoms with Crippen LogP contribution in [-0.2, 0) is 26.7 Å². The van der Waals surface area contributed by atoms with Gasteiger partial charge in [0, 0.05) is 0 Å². The van der Waals surface area contributed by atoms with E-state index < -0.39 is 40.8 Å². The summed E-state index contributed by atoms with van der Waals surface area (Å²) in [4.78, 5) is 12.5. The molecule has 2 aromatic rings. The largest absolute Gasteiger partial charge is 0.468 e. The van der Waals surface area contributed by atoms with Gasteiger partial charge >= 0.3 is 12.1 Å². The van der Waals surface area contributed by atoms with Gasteiger partial charge in [-0.1, -0.05) is 29.8 Å². The van der Waals surface area contributed by atoms with Crippen molar-refractivity contribution in [1.82, 2.24) is 4.31 Å². The Morgan fingerprint density at radius 2 is 1.65 bits per heavy atom. The zero-order valence-corrected chi connectivity index (χ0v) is 14.8. The van der Waals surface area contributed by atoms with Gasteiger partial charge in [0.2, 0.25) is 0 Å². The van der Waals surface area contributed by atoms with Crippen LogP contribution < -0.4 is 0 Å². The lowest BCUT2D eigenvalue weighted by atomic mass is 10.1. The van der Waals surface area contributed by atoms with Gasteiger partial charge in [-0.25, -0.2) is 4.21 Å². The van der Waals surface area contributed by atoms with Crippen LogP contribution in [0, 0.1) is 6.92 Å². The summed E-state index contributed by atoms with van der Waals surface area (Å²) < 4.78 is 57.1. The van der Waals surface area contributed by atoms with Gasteiger partial charge in [0.05, 0.1) is 23.6 Å². The van der Waals surface area contributed by atoms with Gasteiger partial charge in [0.15, 0.2) is 0 Å². The molecule has 1 unspecified atom stereocenters. The highest BCUT2D eigenvalue weighted by Crippen LogP contribution is 2.47. The van der Waals surface area contributed by atoms with Crippen molar-refractivity contribution >= 4 is 17.0 Å². The van der Waals surface area contributed by atoms with Crippen molar-refractivity contribution in [3.63, 3.8) is 0 Å². The molecule has 4 nitrogen and oxygen atoms in total. The molecule has 1 fully saturated rings. The molecule has 0 radical (unpaired) electrons. The number of aryl methyl sites for hydroxylation is 1. The smallest absolute Gasteiger partial charge is 0.416 e. The molecule has 0 aromatic heterocycles. The van der Waals surface area contributed by atoms with Crippen LogP contribution >= 0.6 is 0 Å². The molecule has 3 rings (SSSR count). The standard InChI is InChI=1S/C18H16F3NO3S/c1-11-3-9-14(10-4-11)26(24)22-15(16(22)17(23)25-2)12-5-7-13(8-6-12)18(19,20)21/h3-10,15-16H,1-2H3/t15-,16-,22?,26-/m0/s1. The van der Waals surface area contributed by atoms with Crippen molar-refractivity contribution in [3.8, 4) is 0 Å². The number of nitrogens with zero attached hydrogens (tertiary/aromatic N) is 1. The van der Waals surface area contributed by atoms with E-state index in [1.807, 2.05) is 6.92 Å². The van der Waals surface area contributed by atoms with Gasteiger partial charge in [0.25, 0.3) is 0 Å². The van der Waals surface area contributed by atoms with Crippen molar-refractivity contribution in [1.29, 1.82) is 0 Å². The Kier molecular flexibility index (Phi) is 4.90. The van der Waals surface area contributed by atoms with Gasteiger partial charge in [-0.2, -0.15) is 17.5 Å². The number of methoxy groups -OCH3 is 1. The summed E-state index contributed by atoms with van der Waals surface area (Å²) in [7, 11) is -0.408. The van der Waals surface area contributed by atoms with Crippen molar-refractivity contribution < 1.29 is 26.9 Å². The number of esters is 1. The summed E-state index contributed by atoms with van der Waals surface area (Å²) in [6.45, 7) is 1.90. The second kappa shape index (κ2) is 6.85. The lowest BCUT2D eigenvalue weighted by Gasteiger charge is -2.08. The summed E-state index contributed by atoms with van der Waals surface area (Å²) in [5, 5.41) is 0. The third-order valence-corrected chi connectivity index (χ3v) is 5.71. The minimum atomic E-state index is -4.44. The molecule has 8 heteroatoms.